The summed E-state index contributed by atoms with van der Waals surface area (Å²) >= 11 is 0. The van der Waals surface area contributed by atoms with Gasteiger partial charge < -0.3 is 15.2 Å². The lowest BCUT2D eigenvalue weighted by Crippen LogP contribution is -2.46. The van der Waals surface area contributed by atoms with Crippen LogP contribution in [0, 0.1) is 12.8 Å². The van der Waals surface area contributed by atoms with E-state index in [1.54, 1.807) is 0 Å². The molecule has 2 aromatic rings. The zero-order valence-corrected chi connectivity index (χ0v) is 14.7. The number of hydrogen-bond donors (Lipinski definition) is 2. The molecule has 1 aliphatic carbocycles. The van der Waals surface area contributed by atoms with Crippen molar-refractivity contribution in [3.05, 3.63) is 35.5 Å². The molecule has 1 aromatic carbocycles. The largest absolute Gasteiger partial charge is 0.361 e. The lowest BCUT2D eigenvalue weighted by atomic mass is 10.1. The number of fused-ring (bicyclic) bond motifs is 1. The van der Waals surface area contributed by atoms with Crippen LogP contribution in [0.15, 0.2) is 24.4 Å². The number of aromatic nitrogens is 1. The Morgan fingerprint density at radius 2 is 2.12 bits per heavy atom. The van der Waals surface area contributed by atoms with Crippen LogP contribution in [0.3, 0.4) is 0 Å². The molecule has 2 heterocycles. The van der Waals surface area contributed by atoms with Crippen LogP contribution in [-0.2, 0) is 16.0 Å². The lowest BCUT2D eigenvalue weighted by Gasteiger charge is -2.24. The van der Waals surface area contributed by atoms with Gasteiger partial charge in [-0.05, 0) is 50.2 Å². The minimum absolute atomic E-state index is 0.00234. The molecule has 132 valence electrons. The number of benzene rings is 1. The van der Waals surface area contributed by atoms with Crippen molar-refractivity contribution in [1.29, 1.82) is 0 Å². The van der Waals surface area contributed by atoms with Gasteiger partial charge in [-0.15, -0.1) is 0 Å². The van der Waals surface area contributed by atoms with Gasteiger partial charge in [0, 0.05) is 36.1 Å². The van der Waals surface area contributed by atoms with Crippen LogP contribution in [0.5, 0.6) is 0 Å². The number of H-pyrrole nitrogens is 1. The first-order valence-corrected chi connectivity index (χ1v) is 9.29. The topological polar surface area (TPSA) is 65.2 Å². The second-order valence-electron chi connectivity index (χ2n) is 7.32. The number of nitrogens with one attached hydrogen (secondary N) is 2. The number of likely N-dealkylation sites (tertiary alicyclic amines) is 1. The van der Waals surface area contributed by atoms with Crippen molar-refractivity contribution in [2.45, 2.75) is 45.1 Å². The number of aromatic amines is 1. The Balaban J connectivity index is 1.35. The fourth-order valence-corrected chi connectivity index (χ4v) is 3.88. The molecule has 1 aromatic heterocycles. The normalized spacial score (nSPS) is 20.2. The SMILES string of the molecule is Cc1cccc2c(CCNC(=O)[C@H]3CCCN3C(=O)C3CC3)c[nH]c12. The molecular formula is C20H25N3O2. The molecule has 0 unspecified atom stereocenters. The molecule has 2 N–H and O–H groups in total. The first-order chi connectivity index (χ1) is 12.1. The molecule has 0 radical (unpaired) electrons. The van der Waals surface area contributed by atoms with Crippen LogP contribution in [0.2, 0.25) is 0 Å². The van der Waals surface area contributed by atoms with Gasteiger partial charge in [-0.25, -0.2) is 0 Å². The summed E-state index contributed by atoms with van der Waals surface area (Å²) < 4.78 is 0. The van der Waals surface area contributed by atoms with Gasteiger partial charge in [-0.2, -0.15) is 0 Å². The van der Waals surface area contributed by atoms with E-state index in [0.717, 1.165) is 38.6 Å². The van der Waals surface area contributed by atoms with Gasteiger partial charge in [0.25, 0.3) is 0 Å². The summed E-state index contributed by atoms with van der Waals surface area (Å²) in [4.78, 5) is 30.0. The Bertz CT molecular complexity index is 806. The molecule has 25 heavy (non-hydrogen) atoms. The van der Waals surface area contributed by atoms with Gasteiger partial charge in [0.2, 0.25) is 11.8 Å². The van der Waals surface area contributed by atoms with Crippen molar-refractivity contribution in [3.8, 4) is 0 Å². The fraction of sp³-hybridized carbons (Fsp3) is 0.500. The molecule has 1 aliphatic heterocycles. The number of amides is 2. The summed E-state index contributed by atoms with van der Waals surface area (Å²) in [6, 6.07) is 6.00. The Kier molecular flexibility index (Phi) is 4.24. The molecule has 5 heteroatoms. The van der Waals surface area contributed by atoms with Crippen LogP contribution in [0.1, 0.15) is 36.8 Å². The highest BCUT2D eigenvalue weighted by Gasteiger charge is 2.40. The highest BCUT2D eigenvalue weighted by Crippen LogP contribution is 2.33. The van der Waals surface area contributed by atoms with Crippen molar-refractivity contribution in [2.24, 2.45) is 5.92 Å². The van der Waals surface area contributed by atoms with Crippen LogP contribution in [-0.4, -0.2) is 40.8 Å². The minimum Gasteiger partial charge on any atom is -0.361 e. The Morgan fingerprint density at radius 3 is 2.92 bits per heavy atom. The Hall–Kier alpha value is -2.30. The molecular weight excluding hydrogens is 314 g/mol. The number of para-hydroxylation sites is 1. The number of carbonyl (C=O) groups excluding carboxylic acids is 2. The second kappa shape index (κ2) is 6.54. The Labute approximate surface area is 147 Å². The third-order valence-electron chi connectivity index (χ3n) is 5.47. The predicted octanol–water partition coefficient (Wildman–Crippen LogP) is 2.54. The van der Waals surface area contributed by atoms with Crippen LogP contribution in [0.4, 0.5) is 0 Å². The van der Waals surface area contributed by atoms with E-state index in [4.69, 9.17) is 0 Å². The molecule has 1 saturated heterocycles. The number of nitrogens with zero attached hydrogens (tertiary/aromatic N) is 1. The van der Waals surface area contributed by atoms with E-state index in [2.05, 4.69) is 35.4 Å². The average molecular weight is 339 g/mol. The molecule has 1 atom stereocenters. The fourth-order valence-electron chi connectivity index (χ4n) is 3.88. The highest BCUT2D eigenvalue weighted by molar-refractivity contribution is 5.90. The van der Waals surface area contributed by atoms with Crippen molar-refractivity contribution >= 4 is 22.7 Å². The summed E-state index contributed by atoms with van der Waals surface area (Å²) in [5, 5.41) is 4.26. The zero-order valence-electron chi connectivity index (χ0n) is 14.7. The summed E-state index contributed by atoms with van der Waals surface area (Å²) in [6.45, 7) is 3.42. The monoisotopic (exact) mass is 339 g/mol. The quantitative estimate of drug-likeness (QED) is 0.879. The van der Waals surface area contributed by atoms with Crippen molar-refractivity contribution in [2.75, 3.05) is 13.1 Å². The number of aryl methyl sites for hydroxylation is 1. The number of rotatable bonds is 5. The molecule has 1 saturated carbocycles. The maximum Gasteiger partial charge on any atom is 0.242 e. The first kappa shape index (κ1) is 16.2. The van der Waals surface area contributed by atoms with E-state index < -0.39 is 0 Å². The molecule has 2 aliphatic rings. The van der Waals surface area contributed by atoms with Crippen LogP contribution >= 0.6 is 0 Å². The summed E-state index contributed by atoms with van der Waals surface area (Å²) in [5.41, 5.74) is 3.62. The predicted molar refractivity (Wildman–Crippen MR) is 97.2 cm³/mol. The smallest absolute Gasteiger partial charge is 0.242 e. The van der Waals surface area contributed by atoms with Crippen LogP contribution < -0.4 is 5.32 Å². The summed E-state index contributed by atoms with van der Waals surface area (Å²) in [6.07, 6.45) is 6.52. The van der Waals surface area contributed by atoms with Gasteiger partial charge in [0.05, 0.1) is 0 Å². The average Bonchev–Trinajstić information content (AvgIpc) is 3.19. The summed E-state index contributed by atoms with van der Waals surface area (Å²) in [7, 11) is 0. The van der Waals surface area contributed by atoms with Crippen LogP contribution in [0.25, 0.3) is 10.9 Å². The maximum atomic E-state index is 12.5. The third-order valence-corrected chi connectivity index (χ3v) is 5.47. The van der Waals surface area contributed by atoms with Gasteiger partial charge in [0.1, 0.15) is 6.04 Å². The Morgan fingerprint density at radius 1 is 1.28 bits per heavy atom. The van der Waals surface area contributed by atoms with Gasteiger partial charge in [-0.1, -0.05) is 18.2 Å². The van der Waals surface area contributed by atoms with E-state index in [0.29, 0.717) is 6.54 Å². The van der Waals surface area contributed by atoms with Crippen molar-refractivity contribution in [1.82, 2.24) is 15.2 Å². The minimum atomic E-state index is -0.265. The van der Waals surface area contributed by atoms with E-state index in [1.165, 1.54) is 22.0 Å². The van der Waals surface area contributed by atoms with Crippen molar-refractivity contribution in [3.63, 3.8) is 0 Å². The molecule has 2 amide bonds. The highest BCUT2D eigenvalue weighted by atomic mass is 16.2. The molecule has 5 nitrogen and oxygen atoms in total. The van der Waals surface area contributed by atoms with E-state index in [-0.39, 0.29) is 23.8 Å². The number of carbonyl (C=O) groups is 2. The van der Waals surface area contributed by atoms with Gasteiger partial charge >= 0.3 is 0 Å². The van der Waals surface area contributed by atoms with Gasteiger partial charge in [-0.3, -0.25) is 9.59 Å². The molecule has 4 rings (SSSR count). The van der Waals surface area contributed by atoms with Gasteiger partial charge in [0.15, 0.2) is 0 Å². The van der Waals surface area contributed by atoms with Crippen molar-refractivity contribution < 1.29 is 9.59 Å². The van der Waals surface area contributed by atoms with E-state index >= 15 is 0 Å². The second-order valence-corrected chi connectivity index (χ2v) is 7.32. The molecule has 2 fully saturated rings. The zero-order chi connectivity index (χ0) is 17.4. The van der Waals surface area contributed by atoms with E-state index in [1.807, 2.05) is 11.1 Å². The lowest BCUT2D eigenvalue weighted by molar-refractivity contribution is -0.139. The first-order valence-electron chi connectivity index (χ1n) is 9.29. The maximum absolute atomic E-state index is 12.5. The number of hydrogen-bond acceptors (Lipinski definition) is 2. The molecule has 0 spiro atoms. The molecule has 0 bridgehead atoms. The standard InChI is InChI=1S/C20H25N3O2/c1-13-4-2-5-16-15(12-22-18(13)16)9-10-21-19(24)17-6-3-11-23(17)20(25)14-7-8-14/h2,4-5,12,14,17,22H,3,6-11H2,1H3,(H,21,24)/t17-/m1/s1. The summed E-state index contributed by atoms with van der Waals surface area (Å²) in [5.74, 6) is 0.370. The van der Waals surface area contributed by atoms with E-state index in [9.17, 15) is 9.59 Å². The third kappa shape index (κ3) is 3.15.